The fourth-order valence-electron chi connectivity index (χ4n) is 2.18. The number of unbranched alkanes of at least 4 members (excludes halogenated alkanes) is 2. The first kappa shape index (κ1) is 18.7. The average Bonchev–Trinajstić information content (AvgIpc) is 3.02. The Labute approximate surface area is 140 Å². The zero-order valence-electron chi connectivity index (χ0n) is 13.8. The van der Waals surface area contributed by atoms with Gasteiger partial charge in [0.25, 0.3) is 5.56 Å². The summed E-state index contributed by atoms with van der Waals surface area (Å²) >= 11 is 0. The van der Waals surface area contributed by atoms with Gasteiger partial charge >= 0.3 is 13.9 Å². The van der Waals surface area contributed by atoms with Crippen LogP contribution < -0.4 is 11.2 Å². The molecule has 2 rings (SSSR count). The minimum absolute atomic E-state index is 0.0626. The fraction of sp³-hybridized carbons (Fsp3) is 0.600. The van der Waals surface area contributed by atoms with Gasteiger partial charge in [0.15, 0.2) is 6.23 Å². The van der Waals surface area contributed by atoms with Crippen LogP contribution in [0.3, 0.4) is 0 Å². The van der Waals surface area contributed by atoms with E-state index in [2.05, 4.69) is 11.9 Å². The van der Waals surface area contributed by atoms with E-state index in [1.54, 1.807) is 19.1 Å². The van der Waals surface area contributed by atoms with E-state index in [1.807, 2.05) is 0 Å². The molecular formula is C15H22N2O6P+. The van der Waals surface area contributed by atoms with Crippen molar-refractivity contribution < 1.29 is 18.3 Å². The molecule has 1 N–H and O–H groups in total. The van der Waals surface area contributed by atoms with Crippen molar-refractivity contribution in [3.63, 3.8) is 0 Å². The molecule has 0 amide bonds. The minimum atomic E-state index is -2.18. The van der Waals surface area contributed by atoms with Crippen LogP contribution in [-0.2, 0) is 18.3 Å². The van der Waals surface area contributed by atoms with Gasteiger partial charge in [0.05, 0.1) is 0 Å². The van der Waals surface area contributed by atoms with Gasteiger partial charge in [0.2, 0.25) is 0 Å². The molecule has 8 nitrogen and oxygen atoms in total. The lowest BCUT2D eigenvalue weighted by Gasteiger charge is -2.14. The zero-order chi connectivity index (χ0) is 17.5. The Morgan fingerprint density at radius 3 is 2.83 bits per heavy atom. The molecule has 9 heteroatoms. The molecule has 1 unspecified atom stereocenters. The zero-order valence-corrected chi connectivity index (χ0v) is 14.7. The van der Waals surface area contributed by atoms with E-state index >= 15 is 0 Å². The van der Waals surface area contributed by atoms with Gasteiger partial charge in [-0.05, 0) is 19.4 Å². The van der Waals surface area contributed by atoms with E-state index in [0.717, 1.165) is 19.3 Å². The van der Waals surface area contributed by atoms with Gasteiger partial charge in [-0.2, -0.15) is 0 Å². The highest BCUT2D eigenvalue weighted by Gasteiger charge is 2.27. The number of aromatic nitrogens is 2. The Bertz CT molecular complexity index is 711. The summed E-state index contributed by atoms with van der Waals surface area (Å²) in [7, 11) is -2.18. The van der Waals surface area contributed by atoms with Crippen LogP contribution in [0.1, 0.15) is 38.0 Å². The highest BCUT2D eigenvalue weighted by Crippen LogP contribution is 2.27. The molecule has 0 bridgehead atoms. The molecule has 132 valence electrons. The van der Waals surface area contributed by atoms with Crippen LogP contribution in [0.2, 0.25) is 0 Å². The largest absolute Gasteiger partial charge is 0.697 e. The summed E-state index contributed by atoms with van der Waals surface area (Å²) in [6, 6.07) is 0. The number of H-pyrrole nitrogens is 1. The first-order valence-corrected chi connectivity index (χ1v) is 8.99. The smallest absolute Gasteiger partial charge is 0.344 e. The molecule has 1 aliphatic heterocycles. The third-order valence-corrected chi connectivity index (χ3v) is 4.27. The van der Waals surface area contributed by atoms with Crippen LogP contribution in [0.5, 0.6) is 0 Å². The molecule has 0 spiro atoms. The molecule has 0 aromatic carbocycles. The second-order valence-electron chi connectivity index (χ2n) is 5.49. The molecular weight excluding hydrogens is 335 g/mol. The quantitative estimate of drug-likeness (QED) is 0.413. The summed E-state index contributed by atoms with van der Waals surface area (Å²) in [5, 5.41) is 0. The van der Waals surface area contributed by atoms with E-state index in [4.69, 9.17) is 13.8 Å². The average molecular weight is 357 g/mol. The molecule has 2 heterocycles. The number of hydrogen-bond acceptors (Lipinski definition) is 6. The summed E-state index contributed by atoms with van der Waals surface area (Å²) < 4.78 is 28.7. The molecule has 0 fully saturated rings. The molecule has 0 aliphatic carbocycles. The van der Waals surface area contributed by atoms with E-state index < -0.39 is 31.8 Å². The number of nitrogens with zero attached hydrogens (tertiary/aromatic N) is 1. The summed E-state index contributed by atoms with van der Waals surface area (Å²) in [6.45, 7) is 4.15. The summed E-state index contributed by atoms with van der Waals surface area (Å²) in [6.07, 6.45) is 6.70. The Kier molecular flexibility index (Phi) is 7.05. The van der Waals surface area contributed by atoms with Crippen LogP contribution >= 0.6 is 8.25 Å². The van der Waals surface area contributed by atoms with Crippen molar-refractivity contribution in [2.24, 2.45) is 0 Å². The lowest BCUT2D eigenvalue weighted by atomic mass is 10.3. The van der Waals surface area contributed by atoms with Gasteiger partial charge in [0, 0.05) is 16.3 Å². The Morgan fingerprint density at radius 2 is 2.08 bits per heavy atom. The van der Waals surface area contributed by atoms with Crippen LogP contribution in [0.25, 0.3) is 0 Å². The lowest BCUT2D eigenvalue weighted by molar-refractivity contribution is -0.00683. The third-order valence-electron chi connectivity index (χ3n) is 3.51. The Hall–Kier alpha value is -1.60. The highest BCUT2D eigenvalue weighted by atomic mass is 31.1. The van der Waals surface area contributed by atoms with E-state index in [0.29, 0.717) is 12.2 Å². The monoisotopic (exact) mass is 357 g/mol. The second kappa shape index (κ2) is 9.03. The molecule has 0 saturated carbocycles. The van der Waals surface area contributed by atoms with Gasteiger partial charge in [-0.3, -0.25) is 14.3 Å². The van der Waals surface area contributed by atoms with Gasteiger partial charge in [-0.25, -0.2) is 4.79 Å². The molecule has 1 aliphatic rings. The number of aromatic amines is 1. The summed E-state index contributed by atoms with van der Waals surface area (Å²) in [4.78, 5) is 25.4. The molecule has 1 aromatic rings. The number of nitrogens with one attached hydrogen (secondary N) is 1. The van der Waals surface area contributed by atoms with Crippen molar-refractivity contribution in [2.75, 3.05) is 13.2 Å². The topological polar surface area (TPSA) is 99.6 Å². The van der Waals surface area contributed by atoms with E-state index in [1.165, 1.54) is 10.8 Å². The van der Waals surface area contributed by atoms with Crippen molar-refractivity contribution >= 4 is 8.25 Å². The molecule has 1 aromatic heterocycles. The Morgan fingerprint density at radius 1 is 1.29 bits per heavy atom. The maximum atomic E-state index is 11.8. The first-order valence-electron chi connectivity index (χ1n) is 7.90. The van der Waals surface area contributed by atoms with Crippen LogP contribution in [0, 0.1) is 6.92 Å². The lowest BCUT2D eigenvalue weighted by Crippen LogP contribution is -2.33. The maximum Gasteiger partial charge on any atom is 0.697 e. The number of aryl methyl sites for hydroxylation is 1. The maximum absolute atomic E-state index is 11.8. The predicted octanol–water partition coefficient (Wildman–Crippen LogP) is 2.18. The van der Waals surface area contributed by atoms with Crippen LogP contribution in [0.4, 0.5) is 0 Å². The third kappa shape index (κ3) is 5.21. The molecule has 0 saturated heterocycles. The second-order valence-corrected chi connectivity index (χ2v) is 6.45. The van der Waals surface area contributed by atoms with Crippen molar-refractivity contribution in [1.29, 1.82) is 0 Å². The van der Waals surface area contributed by atoms with Crippen LogP contribution in [-0.4, -0.2) is 28.9 Å². The number of rotatable bonds is 9. The minimum Gasteiger partial charge on any atom is -0.344 e. The fourth-order valence-corrected chi connectivity index (χ4v) is 2.80. The number of hydrogen-bond donors (Lipinski definition) is 1. The molecule has 24 heavy (non-hydrogen) atoms. The molecule has 0 radical (unpaired) electrons. The summed E-state index contributed by atoms with van der Waals surface area (Å²) in [5.74, 6) is 0. The standard InChI is InChI=1S/C15H21N2O6P/c1-3-4-5-8-21-24(20)22-10-12-6-7-13(23-12)17-9-11(2)14(18)16-15(17)19/h6-7,9,12-13H,3-5,8,10H2,1-2H3/p+1/t12-,13+/m0/s1. The van der Waals surface area contributed by atoms with E-state index in [-0.39, 0.29) is 6.61 Å². The number of ether oxygens (including phenoxy) is 1. The van der Waals surface area contributed by atoms with Gasteiger partial charge < -0.3 is 4.74 Å². The predicted molar refractivity (Wildman–Crippen MR) is 88.1 cm³/mol. The van der Waals surface area contributed by atoms with Gasteiger partial charge in [0.1, 0.15) is 19.3 Å². The van der Waals surface area contributed by atoms with Crippen LogP contribution in [0.15, 0.2) is 27.9 Å². The highest BCUT2D eigenvalue weighted by molar-refractivity contribution is 7.33. The van der Waals surface area contributed by atoms with Crippen molar-refractivity contribution in [2.45, 2.75) is 45.4 Å². The van der Waals surface area contributed by atoms with Crippen molar-refractivity contribution in [3.8, 4) is 0 Å². The Balaban J connectivity index is 1.81. The van der Waals surface area contributed by atoms with Crippen molar-refractivity contribution in [1.82, 2.24) is 9.55 Å². The van der Waals surface area contributed by atoms with Gasteiger partial charge in [-0.15, -0.1) is 9.05 Å². The molecule has 3 atom stereocenters. The van der Waals surface area contributed by atoms with Gasteiger partial charge in [-0.1, -0.05) is 25.8 Å². The SMILES string of the molecule is CCCCCO[P+](=O)OC[C@@H]1C=C[C@H](n2cc(C)c(=O)[nH]c2=O)O1. The normalized spacial score (nSPS) is 20.5. The summed E-state index contributed by atoms with van der Waals surface area (Å²) in [5.41, 5.74) is -0.558. The first-order chi connectivity index (χ1) is 11.5. The van der Waals surface area contributed by atoms with Crippen molar-refractivity contribution in [3.05, 3.63) is 44.8 Å². The van der Waals surface area contributed by atoms with E-state index in [9.17, 15) is 14.2 Å².